The van der Waals surface area contributed by atoms with Gasteiger partial charge in [0.15, 0.2) is 12.1 Å². The molecule has 150 valence electrons. The number of carbonyl (C=O) groups excluding carboxylic acids is 2. The Morgan fingerprint density at radius 3 is 2.74 bits per heavy atom. The van der Waals surface area contributed by atoms with E-state index in [1.165, 1.54) is 6.39 Å². The van der Waals surface area contributed by atoms with Crippen molar-refractivity contribution in [3.05, 3.63) is 17.8 Å². The van der Waals surface area contributed by atoms with Crippen LogP contribution in [0.5, 0.6) is 0 Å². The van der Waals surface area contributed by atoms with Crippen molar-refractivity contribution in [3.8, 4) is 0 Å². The van der Waals surface area contributed by atoms with E-state index >= 15 is 0 Å². The second-order valence-electron chi connectivity index (χ2n) is 7.40. The lowest BCUT2D eigenvalue weighted by atomic mass is 9.93. The predicted octanol–water partition coefficient (Wildman–Crippen LogP) is 1.06. The second-order valence-corrected chi connectivity index (χ2v) is 7.40. The SMILES string of the molecule is COCCNC(=O)[C@@H]1CCCN(C2CCN(C(=O)c3ncoc3C)CC2)C1. The van der Waals surface area contributed by atoms with Gasteiger partial charge < -0.3 is 19.4 Å². The van der Waals surface area contributed by atoms with Gasteiger partial charge in [-0.05, 0) is 39.2 Å². The number of amides is 2. The van der Waals surface area contributed by atoms with Gasteiger partial charge in [0.25, 0.3) is 5.91 Å². The van der Waals surface area contributed by atoms with Gasteiger partial charge in [0.1, 0.15) is 5.76 Å². The molecule has 0 aromatic carbocycles. The van der Waals surface area contributed by atoms with E-state index in [9.17, 15) is 9.59 Å². The van der Waals surface area contributed by atoms with Crippen molar-refractivity contribution in [1.29, 1.82) is 0 Å². The molecule has 0 aliphatic carbocycles. The van der Waals surface area contributed by atoms with E-state index < -0.39 is 0 Å². The lowest BCUT2D eigenvalue weighted by molar-refractivity contribution is -0.127. The minimum Gasteiger partial charge on any atom is -0.448 e. The van der Waals surface area contributed by atoms with E-state index in [-0.39, 0.29) is 17.7 Å². The topological polar surface area (TPSA) is 87.9 Å². The number of aromatic nitrogens is 1. The molecule has 8 nitrogen and oxygen atoms in total. The Morgan fingerprint density at radius 2 is 2.07 bits per heavy atom. The third-order valence-corrected chi connectivity index (χ3v) is 5.64. The van der Waals surface area contributed by atoms with Gasteiger partial charge in [-0.2, -0.15) is 0 Å². The molecule has 0 unspecified atom stereocenters. The second kappa shape index (κ2) is 9.32. The number of piperidine rings is 2. The number of hydrogen-bond donors (Lipinski definition) is 1. The average molecular weight is 378 g/mol. The Bertz CT molecular complexity index is 639. The summed E-state index contributed by atoms with van der Waals surface area (Å²) in [5, 5.41) is 2.96. The standard InChI is InChI=1S/C19H30N4O4/c1-14-17(21-13-27-14)19(25)22-9-5-16(6-10-22)23-8-3-4-15(12-23)18(24)20-7-11-26-2/h13,15-16H,3-12H2,1-2H3,(H,20,24)/t15-/m1/s1. The molecule has 1 aromatic heterocycles. The fourth-order valence-corrected chi connectivity index (χ4v) is 4.07. The summed E-state index contributed by atoms with van der Waals surface area (Å²) in [6, 6.07) is 0.432. The predicted molar refractivity (Wildman–Crippen MR) is 99.3 cm³/mol. The highest BCUT2D eigenvalue weighted by Gasteiger charge is 2.33. The highest BCUT2D eigenvalue weighted by Crippen LogP contribution is 2.25. The Labute approximate surface area is 160 Å². The molecule has 1 atom stereocenters. The lowest BCUT2D eigenvalue weighted by Crippen LogP contribution is -2.51. The largest absolute Gasteiger partial charge is 0.448 e. The van der Waals surface area contributed by atoms with Crippen LogP contribution in [0.3, 0.4) is 0 Å². The molecule has 3 heterocycles. The molecule has 2 aliphatic rings. The highest BCUT2D eigenvalue weighted by molar-refractivity contribution is 5.93. The van der Waals surface area contributed by atoms with Gasteiger partial charge in [-0.1, -0.05) is 0 Å². The van der Waals surface area contributed by atoms with Crippen molar-refractivity contribution in [2.24, 2.45) is 5.92 Å². The van der Waals surface area contributed by atoms with Gasteiger partial charge in [0.05, 0.1) is 12.5 Å². The molecule has 27 heavy (non-hydrogen) atoms. The van der Waals surface area contributed by atoms with Crippen molar-refractivity contribution in [2.45, 2.75) is 38.6 Å². The first-order valence-electron chi connectivity index (χ1n) is 9.80. The molecule has 2 aliphatic heterocycles. The lowest BCUT2D eigenvalue weighted by Gasteiger charge is -2.41. The van der Waals surface area contributed by atoms with Gasteiger partial charge >= 0.3 is 0 Å². The molecule has 2 amide bonds. The number of oxazole rings is 1. The van der Waals surface area contributed by atoms with Gasteiger partial charge in [-0.3, -0.25) is 14.5 Å². The van der Waals surface area contributed by atoms with E-state index in [4.69, 9.17) is 9.15 Å². The van der Waals surface area contributed by atoms with Crippen LogP contribution in [0.4, 0.5) is 0 Å². The number of rotatable bonds is 6. The third-order valence-electron chi connectivity index (χ3n) is 5.64. The average Bonchev–Trinajstić information content (AvgIpc) is 3.13. The van der Waals surface area contributed by atoms with Crippen molar-refractivity contribution < 1.29 is 18.7 Å². The van der Waals surface area contributed by atoms with E-state index in [2.05, 4.69) is 15.2 Å². The Kier molecular flexibility index (Phi) is 6.84. The van der Waals surface area contributed by atoms with E-state index in [1.54, 1.807) is 14.0 Å². The highest BCUT2D eigenvalue weighted by atomic mass is 16.5. The van der Waals surface area contributed by atoms with Crippen molar-refractivity contribution >= 4 is 11.8 Å². The maximum atomic E-state index is 12.6. The van der Waals surface area contributed by atoms with Gasteiger partial charge in [-0.25, -0.2) is 4.98 Å². The molecule has 1 N–H and O–H groups in total. The first-order valence-corrected chi connectivity index (χ1v) is 9.80. The first-order chi connectivity index (χ1) is 13.1. The number of methoxy groups -OCH3 is 1. The first kappa shape index (κ1) is 19.8. The van der Waals surface area contributed by atoms with E-state index in [0.29, 0.717) is 30.6 Å². The van der Waals surface area contributed by atoms with Crippen molar-refractivity contribution in [1.82, 2.24) is 20.1 Å². The molecule has 2 fully saturated rings. The molecule has 1 aromatic rings. The summed E-state index contributed by atoms with van der Waals surface area (Å²) in [7, 11) is 1.63. The minimum absolute atomic E-state index is 0.0475. The van der Waals surface area contributed by atoms with Crippen LogP contribution >= 0.6 is 0 Å². The molecule has 8 heteroatoms. The number of hydrogen-bond acceptors (Lipinski definition) is 6. The van der Waals surface area contributed by atoms with Gasteiger partial charge in [-0.15, -0.1) is 0 Å². The monoisotopic (exact) mass is 378 g/mol. The van der Waals surface area contributed by atoms with Crippen LogP contribution in [0.1, 0.15) is 41.9 Å². The van der Waals surface area contributed by atoms with Crippen molar-refractivity contribution in [2.75, 3.05) is 46.4 Å². The van der Waals surface area contributed by atoms with E-state index in [1.807, 2.05) is 4.90 Å². The van der Waals surface area contributed by atoms with Crippen LogP contribution in [-0.4, -0.2) is 79.1 Å². The molecular weight excluding hydrogens is 348 g/mol. The number of nitrogens with zero attached hydrogens (tertiary/aromatic N) is 3. The maximum Gasteiger partial charge on any atom is 0.276 e. The third kappa shape index (κ3) is 4.87. The van der Waals surface area contributed by atoms with Crippen LogP contribution in [0.2, 0.25) is 0 Å². The smallest absolute Gasteiger partial charge is 0.276 e. The summed E-state index contributed by atoms with van der Waals surface area (Å²) in [4.78, 5) is 33.2. The number of nitrogens with one attached hydrogen (secondary N) is 1. The fraction of sp³-hybridized carbons (Fsp3) is 0.737. The fourth-order valence-electron chi connectivity index (χ4n) is 4.07. The Morgan fingerprint density at radius 1 is 1.30 bits per heavy atom. The number of carbonyl (C=O) groups is 2. The minimum atomic E-state index is -0.0475. The quantitative estimate of drug-likeness (QED) is 0.745. The van der Waals surface area contributed by atoms with Crippen LogP contribution in [0.25, 0.3) is 0 Å². The maximum absolute atomic E-state index is 12.6. The van der Waals surface area contributed by atoms with Crippen LogP contribution < -0.4 is 5.32 Å². The van der Waals surface area contributed by atoms with Gasteiger partial charge in [0, 0.05) is 39.3 Å². The summed E-state index contributed by atoms with van der Waals surface area (Å²) in [6.45, 7) is 6.14. The number of likely N-dealkylation sites (tertiary alicyclic amines) is 2. The van der Waals surface area contributed by atoms with Gasteiger partial charge in [0.2, 0.25) is 5.91 Å². The van der Waals surface area contributed by atoms with Crippen LogP contribution in [0.15, 0.2) is 10.8 Å². The van der Waals surface area contributed by atoms with Crippen molar-refractivity contribution in [3.63, 3.8) is 0 Å². The summed E-state index contributed by atoms with van der Waals surface area (Å²) in [5.41, 5.74) is 0.416. The Hall–Kier alpha value is -1.93. The molecule has 2 saturated heterocycles. The summed E-state index contributed by atoms with van der Waals surface area (Å²) in [5.74, 6) is 0.702. The molecule has 0 saturated carbocycles. The molecule has 0 bridgehead atoms. The summed E-state index contributed by atoms with van der Waals surface area (Å²) < 4.78 is 10.1. The molecular formula is C19H30N4O4. The summed E-state index contributed by atoms with van der Waals surface area (Å²) >= 11 is 0. The zero-order valence-corrected chi connectivity index (χ0v) is 16.3. The van der Waals surface area contributed by atoms with E-state index in [0.717, 1.165) is 51.9 Å². The molecule has 0 radical (unpaired) electrons. The Balaban J connectivity index is 1.48. The molecule has 0 spiro atoms. The molecule has 3 rings (SSSR count). The number of aryl methyl sites for hydroxylation is 1. The summed E-state index contributed by atoms with van der Waals surface area (Å²) in [6.07, 6.45) is 5.17. The normalized spacial score (nSPS) is 22.0. The van der Waals surface area contributed by atoms with Crippen LogP contribution in [0, 0.1) is 12.8 Å². The zero-order valence-electron chi connectivity index (χ0n) is 16.3. The number of ether oxygens (including phenoxy) is 1. The zero-order chi connectivity index (χ0) is 19.2. The van der Waals surface area contributed by atoms with Crippen LogP contribution in [-0.2, 0) is 9.53 Å².